The predicted molar refractivity (Wildman–Crippen MR) is 114 cm³/mol. The molecule has 0 saturated carbocycles. The molecule has 0 radical (unpaired) electrons. The maximum absolute atomic E-state index is 12.7. The Kier molecular flexibility index (Phi) is 7.19. The molecule has 152 valence electrons. The highest BCUT2D eigenvalue weighted by molar-refractivity contribution is 7.98. The maximum Gasteiger partial charge on any atom is 0.319 e. The maximum atomic E-state index is 12.7. The molecule has 6 nitrogen and oxygen atoms in total. The average Bonchev–Trinajstić information content (AvgIpc) is 2.73. The Balaban J connectivity index is 1.77. The van der Waals surface area contributed by atoms with E-state index >= 15 is 0 Å². The Morgan fingerprint density at radius 2 is 1.97 bits per heavy atom. The number of carbonyl (C=O) groups excluding carboxylic acids is 2. The average molecular weight is 413 g/mol. The largest absolute Gasteiger partial charge is 0.489 e. The molecule has 29 heavy (non-hydrogen) atoms. The molecule has 7 heteroatoms. The van der Waals surface area contributed by atoms with E-state index in [4.69, 9.17) is 9.47 Å². The fraction of sp³-hybridized carbons (Fsp3) is 0.273. The van der Waals surface area contributed by atoms with E-state index in [9.17, 15) is 9.59 Å². The van der Waals surface area contributed by atoms with Gasteiger partial charge in [-0.2, -0.15) is 11.8 Å². The van der Waals surface area contributed by atoms with Crippen LogP contribution in [0.25, 0.3) is 0 Å². The van der Waals surface area contributed by atoms with Crippen LogP contribution >= 0.6 is 11.8 Å². The van der Waals surface area contributed by atoms with E-state index in [0.717, 1.165) is 11.1 Å². The Morgan fingerprint density at radius 3 is 2.72 bits per heavy atom. The summed E-state index contributed by atoms with van der Waals surface area (Å²) in [5, 5.41) is 5.39. The topological polar surface area (TPSA) is 76.7 Å². The molecule has 1 saturated heterocycles. The number of hydrogen-bond donors (Lipinski definition) is 2. The van der Waals surface area contributed by atoms with Crippen LogP contribution in [0.1, 0.15) is 17.2 Å². The highest BCUT2D eigenvalue weighted by Crippen LogP contribution is 2.32. The van der Waals surface area contributed by atoms with Crippen molar-refractivity contribution < 1.29 is 19.1 Å². The number of esters is 1. The van der Waals surface area contributed by atoms with Gasteiger partial charge in [0, 0.05) is 11.4 Å². The minimum atomic E-state index is -0.723. The molecular formula is C22H24N2O4S. The smallest absolute Gasteiger partial charge is 0.319 e. The van der Waals surface area contributed by atoms with E-state index in [2.05, 4.69) is 17.2 Å². The van der Waals surface area contributed by atoms with Gasteiger partial charge in [0.2, 0.25) is 0 Å². The summed E-state index contributed by atoms with van der Waals surface area (Å²) < 4.78 is 11.3. The fourth-order valence-electron chi connectivity index (χ4n) is 3.09. The molecule has 3 rings (SSSR count). The molecule has 2 N–H and O–H groups in total. The number of rotatable bonds is 8. The Bertz CT molecular complexity index is 872. The molecule has 2 aromatic carbocycles. The van der Waals surface area contributed by atoms with E-state index in [0.29, 0.717) is 30.4 Å². The molecule has 2 aromatic rings. The van der Waals surface area contributed by atoms with E-state index in [1.54, 1.807) is 11.8 Å². The first-order valence-electron chi connectivity index (χ1n) is 9.27. The summed E-state index contributed by atoms with van der Waals surface area (Å²) in [5.74, 6) is 0.216. The number of ether oxygens (including phenoxy) is 2. The minimum Gasteiger partial charge on any atom is -0.489 e. The van der Waals surface area contributed by atoms with Crippen LogP contribution in [0.3, 0.4) is 0 Å². The van der Waals surface area contributed by atoms with Crippen molar-refractivity contribution in [2.75, 3.05) is 18.6 Å². The van der Waals surface area contributed by atoms with Crippen molar-refractivity contribution in [2.45, 2.75) is 12.6 Å². The van der Waals surface area contributed by atoms with Crippen LogP contribution in [-0.2, 0) is 16.1 Å². The number of hydrogen-bond acceptors (Lipinski definition) is 5. The molecule has 1 heterocycles. The molecule has 1 aliphatic rings. The van der Waals surface area contributed by atoms with Gasteiger partial charge < -0.3 is 20.1 Å². The Labute approximate surface area is 174 Å². The number of amides is 2. The van der Waals surface area contributed by atoms with Crippen LogP contribution in [-0.4, -0.2) is 30.6 Å². The van der Waals surface area contributed by atoms with Crippen molar-refractivity contribution in [3.63, 3.8) is 0 Å². The zero-order valence-corrected chi connectivity index (χ0v) is 17.0. The third-order valence-electron chi connectivity index (χ3n) is 4.52. The highest BCUT2D eigenvalue weighted by Gasteiger charge is 2.39. The van der Waals surface area contributed by atoms with E-state index in [1.165, 1.54) is 0 Å². The second kappa shape index (κ2) is 10.0. The van der Waals surface area contributed by atoms with Crippen LogP contribution in [0.5, 0.6) is 5.75 Å². The summed E-state index contributed by atoms with van der Waals surface area (Å²) in [5.41, 5.74) is 2.12. The standard InChI is InChI=1S/C22H24N2O4S/c1-15-19(21(25)27-11-12-29-2)20(24-22(26)23-15)17-9-6-10-18(13-17)28-14-16-7-4-3-5-8-16/h3-10,13,19-20H,1,11-12,14H2,2H3,(H2,23,24,26)/t19-,20+/m0/s1. The molecule has 2 amide bonds. The quantitative estimate of drug-likeness (QED) is 0.511. The number of urea groups is 1. The van der Waals surface area contributed by atoms with Gasteiger partial charge in [-0.1, -0.05) is 49.0 Å². The fourth-order valence-corrected chi connectivity index (χ4v) is 3.34. The van der Waals surface area contributed by atoms with Crippen LogP contribution < -0.4 is 15.4 Å². The molecule has 1 fully saturated rings. The molecule has 0 aromatic heterocycles. The zero-order chi connectivity index (χ0) is 20.6. The monoisotopic (exact) mass is 412 g/mol. The number of benzene rings is 2. The summed E-state index contributed by atoms with van der Waals surface area (Å²) in [6.45, 7) is 4.60. The van der Waals surface area contributed by atoms with Gasteiger partial charge in [-0.05, 0) is 29.5 Å². The van der Waals surface area contributed by atoms with Gasteiger partial charge >= 0.3 is 12.0 Å². The zero-order valence-electron chi connectivity index (χ0n) is 16.2. The summed E-state index contributed by atoms with van der Waals surface area (Å²) in [6.07, 6.45) is 1.94. The summed E-state index contributed by atoms with van der Waals surface area (Å²) >= 11 is 1.59. The van der Waals surface area contributed by atoms with E-state index in [-0.39, 0.29) is 0 Å². The summed E-state index contributed by atoms with van der Waals surface area (Å²) in [4.78, 5) is 24.7. The lowest BCUT2D eigenvalue weighted by atomic mass is 9.89. The number of thioether (sulfide) groups is 1. The van der Waals surface area contributed by atoms with E-state index < -0.39 is 24.0 Å². The van der Waals surface area contributed by atoms with Crippen molar-refractivity contribution >= 4 is 23.8 Å². The van der Waals surface area contributed by atoms with Gasteiger partial charge in [-0.15, -0.1) is 0 Å². The minimum absolute atomic E-state index is 0.310. The molecule has 0 spiro atoms. The van der Waals surface area contributed by atoms with Crippen molar-refractivity contribution in [3.05, 3.63) is 78.0 Å². The first kappa shape index (κ1) is 20.8. The molecule has 0 bridgehead atoms. The van der Waals surface area contributed by atoms with Crippen molar-refractivity contribution in [3.8, 4) is 5.75 Å². The van der Waals surface area contributed by atoms with Crippen LogP contribution in [0, 0.1) is 5.92 Å². The molecule has 1 aliphatic heterocycles. The first-order valence-corrected chi connectivity index (χ1v) is 10.7. The SMILES string of the molecule is C=C1NC(=O)N[C@H](c2cccc(OCc3ccccc3)c2)[C@H]1C(=O)OCCSC. The highest BCUT2D eigenvalue weighted by atomic mass is 32.2. The molecule has 0 unspecified atom stereocenters. The molecular weight excluding hydrogens is 388 g/mol. The second-order valence-corrected chi connectivity index (χ2v) is 7.57. The van der Waals surface area contributed by atoms with Gasteiger partial charge in [0.15, 0.2) is 0 Å². The van der Waals surface area contributed by atoms with Gasteiger partial charge in [-0.25, -0.2) is 4.79 Å². The van der Waals surface area contributed by atoms with Gasteiger partial charge in [0.1, 0.15) is 24.9 Å². The second-order valence-electron chi connectivity index (χ2n) is 6.59. The van der Waals surface area contributed by atoms with Crippen LogP contribution in [0.15, 0.2) is 66.9 Å². The van der Waals surface area contributed by atoms with Gasteiger partial charge in [0.05, 0.1) is 6.04 Å². The lowest BCUT2D eigenvalue weighted by Gasteiger charge is -2.33. The first-order chi connectivity index (χ1) is 14.1. The molecule has 2 atom stereocenters. The predicted octanol–water partition coefficient (Wildman–Crippen LogP) is 3.66. The lowest BCUT2D eigenvalue weighted by Crippen LogP contribution is -2.51. The van der Waals surface area contributed by atoms with E-state index in [1.807, 2.05) is 60.9 Å². The van der Waals surface area contributed by atoms with Crippen molar-refractivity contribution in [2.24, 2.45) is 5.92 Å². The van der Waals surface area contributed by atoms with Gasteiger partial charge in [0.25, 0.3) is 0 Å². The molecule has 0 aliphatic carbocycles. The summed E-state index contributed by atoms with van der Waals surface area (Å²) in [6, 6.07) is 16.2. The van der Waals surface area contributed by atoms with Crippen LogP contribution in [0.2, 0.25) is 0 Å². The lowest BCUT2D eigenvalue weighted by molar-refractivity contribution is -0.147. The van der Waals surface area contributed by atoms with Crippen molar-refractivity contribution in [1.29, 1.82) is 0 Å². The normalized spacial score (nSPS) is 18.5. The summed E-state index contributed by atoms with van der Waals surface area (Å²) in [7, 11) is 0. The third-order valence-corrected chi connectivity index (χ3v) is 5.10. The number of nitrogens with one attached hydrogen (secondary N) is 2. The van der Waals surface area contributed by atoms with Crippen LogP contribution in [0.4, 0.5) is 4.79 Å². The Hall–Kier alpha value is -2.93. The Morgan fingerprint density at radius 1 is 1.17 bits per heavy atom. The number of carbonyl (C=O) groups is 2. The van der Waals surface area contributed by atoms with Gasteiger partial charge in [-0.3, -0.25) is 4.79 Å². The van der Waals surface area contributed by atoms with Crippen molar-refractivity contribution in [1.82, 2.24) is 10.6 Å². The third kappa shape index (κ3) is 5.54.